The summed E-state index contributed by atoms with van der Waals surface area (Å²) in [4.78, 5) is 12.6. The number of ether oxygens (including phenoxy) is 3. The minimum absolute atomic E-state index is 0.0195. The van der Waals surface area contributed by atoms with Gasteiger partial charge in [0.1, 0.15) is 0 Å². The molecule has 0 aromatic heterocycles. The van der Waals surface area contributed by atoms with Crippen molar-refractivity contribution in [3.8, 4) is 0 Å². The van der Waals surface area contributed by atoms with E-state index in [-0.39, 0.29) is 34.4 Å². The Balaban J connectivity index is 1.79. The molecular weight excluding hydrogens is 516 g/mol. The van der Waals surface area contributed by atoms with Gasteiger partial charge in [-0.1, -0.05) is 101 Å². The minimum atomic E-state index is -2.09. The van der Waals surface area contributed by atoms with Crippen molar-refractivity contribution >= 4 is 14.3 Å². The molecule has 0 bridgehead atoms. The highest BCUT2D eigenvalue weighted by Gasteiger charge is 2.48. The highest BCUT2D eigenvalue weighted by Crippen LogP contribution is 2.48. The van der Waals surface area contributed by atoms with Gasteiger partial charge >= 0.3 is 5.97 Å². The fourth-order valence-electron chi connectivity index (χ4n) is 5.10. The Hall–Kier alpha value is -2.25. The minimum Gasteiger partial charge on any atom is -0.469 e. The predicted molar refractivity (Wildman–Crippen MR) is 164 cm³/mol. The quantitative estimate of drug-likeness (QED) is 0.100. The monoisotopic (exact) mass is 566 g/mol. The molecule has 0 amide bonds. The fourth-order valence-corrected chi connectivity index (χ4v) is 6.54. The molecule has 2 aromatic rings. The van der Waals surface area contributed by atoms with E-state index >= 15 is 0 Å². The summed E-state index contributed by atoms with van der Waals surface area (Å²) in [7, 11) is -0.624. The van der Waals surface area contributed by atoms with E-state index in [2.05, 4.69) is 71.1 Å². The molecule has 1 aliphatic rings. The van der Waals surface area contributed by atoms with E-state index in [0.29, 0.717) is 32.8 Å². The van der Waals surface area contributed by atoms with Crippen LogP contribution in [0.3, 0.4) is 0 Å². The van der Waals surface area contributed by atoms with Gasteiger partial charge in [0.25, 0.3) is 0 Å². The number of benzene rings is 2. The van der Waals surface area contributed by atoms with E-state index in [1.54, 1.807) is 0 Å². The number of hydrogen-bond acceptors (Lipinski definition) is 5. The number of methoxy groups -OCH3 is 1. The van der Waals surface area contributed by atoms with Crippen LogP contribution in [-0.4, -0.2) is 40.7 Å². The second-order valence-corrected chi connectivity index (χ2v) is 17.6. The van der Waals surface area contributed by atoms with Crippen molar-refractivity contribution in [3.63, 3.8) is 0 Å². The van der Waals surface area contributed by atoms with Crippen LogP contribution in [0.15, 0.2) is 72.8 Å². The van der Waals surface area contributed by atoms with Gasteiger partial charge in [-0.05, 0) is 54.4 Å². The first-order valence-corrected chi connectivity index (χ1v) is 17.6. The van der Waals surface area contributed by atoms with Gasteiger partial charge in [0.05, 0.1) is 39.0 Å². The third-order valence-corrected chi connectivity index (χ3v) is 13.3. The smallest absolute Gasteiger partial charge is 0.312 e. The van der Waals surface area contributed by atoms with Gasteiger partial charge in [-0.3, -0.25) is 4.79 Å². The highest BCUT2D eigenvalue weighted by atomic mass is 28.4. The van der Waals surface area contributed by atoms with Crippen molar-refractivity contribution in [2.45, 2.75) is 84.4 Å². The van der Waals surface area contributed by atoms with Crippen molar-refractivity contribution in [2.24, 2.45) is 17.3 Å². The summed E-state index contributed by atoms with van der Waals surface area (Å²) >= 11 is 0. The summed E-state index contributed by atoms with van der Waals surface area (Å²) in [6.45, 7) is 16.2. The molecule has 0 fully saturated rings. The van der Waals surface area contributed by atoms with Gasteiger partial charge in [0.15, 0.2) is 8.32 Å². The molecule has 0 spiro atoms. The lowest BCUT2D eigenvalue weighted by Gasteiger charge is -2.49. The number of hydrogen-bond donors (Lipinski definition) is 0. The van der Waals surface area contributed by atoms with Crippen LogP contribution in [0.5, 0.6) is 0 Å². The molecule has 4 atom stereocenters. The molecule has 2 unspecified atom stereocenters. The zero-order valence-electron chi connectivity index (χ0n) is 25.7. The van der Waals surface area contributed by atoms with E-state index in [0.717, 1.165) is 18.4 Å². The van der Waals surface area contributed by atoms with Gasteiger partial charge in [0, 0.05) is 12.0 Å². The number of rotatable bonds is 14. The summed E-state index contributed by atoms with van der Waals surface area (Å²) in [6, 6.07) is 20.5. The molecule has 0 saturated carbocycles. The largest absolute Gasteiger partial charge is 0.469 e. The maximum absolute atomic E-state index is 12.6. The summed E-state index contributed by atoms with van der Waals surface area (Å²) in [5.74, 6) is -0.362. The van der Waals surface area contributed by atoms with Crippen LogP contribution in [0.2, 0.25) is 18.1 Å². The Morgan fingerprint density at radius 2 is 1.55 bits per heavy atom. The highest BCUT2D eigenvalue weighted by molar-refractivity contribution is 6.74. The van der Waals surface area contributed by atoms with E-state index in [1.807, 2.05) is 42.5 Å². The van der Waals surface area contributed by atoms with Gasteiger partial charge < -0.3 is 18.6 Å². The van der Waals surface area contributed by atoms with E-state index < -0.39 is 8.32 Å². The predicted octanol–water partition coefficient (Wildman–Crippen LogP) is 7.96. The summed E-state index contributed by atoms with van der Waals surface area (Å²) in [5, 5.41) is 0.0810. The molecule has 0 aliphatic heterocycles. The maximum Gasteiger partial charge on any atom is 0.312 e. The number of carbonyl (C=O) groups is 1. The Kier molecular flexibility index (Phi) is 11.8. The average molecular weight is 567 g/mol. The third-order valence-electron chi connectivity index (χ3n) is 8.84. The normalized spacial score (nSPS) is 22.2. The molecule has 0 N–H and O–H groups in total. The molecule has 0 saturated heterocycles. The SMILES string of the molecule is COC(=O)C1C=C[C@@](C)(C(CCCOCc2ccccc2)O[Si](C)(C)C(C)(C)C)[C@@H](COCc2ccccc2)C1. The first-order chi connectivity index (χ1) is 19.0. The Labute approximate surface area is 243 Å². The van der Waals surface area contributed by atoms with E-state index in [9.17, 15) is 4.79 Å². The first-order valence-electron chi connectivity index (χ1n) is 14.6. The lowest BCUT2D eigenvalue weighted by atomic mass is 9.65. The summed E-state index contributed by atoms with van der Waals surface area (Å²) in [6.07, 6.45) is 6.68. The van der Waals surface area contributed by atoms with Gasteiger partial charge in [-0.25, -0.2) is 0 Å². The summed E-state index contributed by atoms with van der Waals surface area (Å²) < 4.78 is 24.7. The lowest BCUT2D eigenvalue weighted by molar-refractivity contribution is -0.145. The van der Waals surface area contributed by atoms with Crippen LogP contribution in [-0.2, 0) is 36.6 Å². The molecule has 1 aliphatic carbocycles. The fraction of sp³-hybridized carbons (Fsp3) is 0.559. The lowest BCUT2D eigenvalue weighted by Crippen LogP contribution is -2.52. The van der Waals surface area contributed by atoms with Gasteiger partial charge in [0.2, 0.25) is 0 Å². The number of esters is 1. The molecule has 2 aromatic carbocycles. The van der Waals surface area contributed by atoms with Gasteiger partial charge in [-0.15, -0.1) is 0 Å². The van der Waals surface area contributed by atoms with Crippen LogP contribution >= 0.6 is 0 Å². The zero-order valence-corrected chi connectivity index (χ0v) is 26.7. The van der Waals surface area contributed by atoms with Crippen LogP contribution in [0, 0.1) is 17.3 Å². The standard InChI is InChI=1S/C34H50O5Si/c1-33(2,3)40(6,7)39-31(19-14-22-37-24-27-15-10-8-11-16-27)34(4)21-20-29(32(35)36-5)23-30(34)26-38-25-28-17-12-9-13-18-28/h8-13,15-18,20-21,29-31H,14,19,22-26H2,1-7H3/t29?,30-,31?,34-/m1/s1. The second-order valence-electron chi connectivity index (χ2n) is 12.8. The van der Waals surface area contributed by atoms with Crippen LogP contribution < -0.4 is 0 Å². The second kappa shape index (κ2) is 14.6. The molecule has 5 nitrogen and oxygen atoms in total. The van der Waals surface area contributed by atoms with E-state index in [4.69, 9.17) is 18.6 Å². The summed E-state index contributed by atoms with van der Waals surface area (Å²) in [5.41, 5.74) is 2.03. The van der Waals surface area contributed by atoms with Crippen molar-refractivity contribution in [3.05, 3.63) is 83.9 Å². The number of carbonyl (C=O) groups excluding carboxylic acids is 1. The first kappa shape index (κ1) is 32.3. The molecule has 6 heteroatoms. The van der Waals surface area contributed by atoms with Crippen molar-refractivity contribution < 1.29 is 23.4 Å². The van der Waals surface area contributed by atoms with Crippen molar-refractivity contribution in [1.82, 2.24) is 0 Å². The molecule has 0 radical (unpaired) electrons. The third kappa shape index (κ3) is 8.87. The van der Waals surface area contributed by atoms with Crippen LogP contribution in [0.25, 0.3) is 0 Å². The Morgan fingerprint density at radius 1 is 0.975 bits per heavy atom. The van der Waals surface area contributed by atoms with Crippen molar-refractivity contribution in [1.29, 1.82) is 0 Å². The topological polar surface area (TPSA) is 54.0 Å². The molecule has 0 heterocycles. The van der Waals surface area contributed by atoms with E-state index in [1.165, 1.54) is 12.7 Å². The average Bonchev–Trinajstić information content (AvgIpc) is 2.93. The molecule has 40 heavy (non-hydrogen) atoms. The Morgan fingerprint density at radius 3 is 2.10 bits per heavy atom. The van der Waals surface area contributed by atoms with Crippen LogP contribution in [0.1, 0.15) is 58.1 Å². The Bertz CT molecular complexity index is 1060. The molecular formula is C34H50O5Si. The molecule has 220 valence electrons. The van der Waals surface area contributed by atoms with Crippen LogP contribution in [0.4, 0.5) is 0 Å². The van der Waals surface area contributed by atoms with Crippen molar-refractivity contribution in [2.75, 3.05) is 20.3 Å². The maximum atomic E-state index is 12.6. The zero-order chi connectivity index (χ0) is 29.2. The van der Waals surface area contributed by atoms with Gasteiger partial charge in [-0.2, -0.15) is 0 Å². The molecule has 3 rings (SSSR count).